The lowest BCUT2D eigenvalue weighted by molar-refractivity contribution is -0.120. The van der Waals surface area contributed by atoms with Gasteiger partial charge in [-0.1, -0.05) is 52.9 Å². The molecule has 0 aliphatic heterocycles. The summed E-state index contributed by atoms with van der Waals surface area (Å²) in [7, 11) is 0. The van der Waals surface area contributed by atoms with Gasteiger partial charge in [0.1, 0.15) is 11.0 Å². The number of hydrogen-bond acceptors (Lipinski definition) is 4. The molecule has 6 heteroatoms. The van der Waals surface area contributed by atoms with Gasteiger partial charge in [-0.25, -0.2) is 4.68 Å². The van der Waals surface area contributed by atoms with Crippen LogP contribution >= 0.6 is 15.9 Å². The number of nitrogens with zero attached hydrogens (tertiary/aromatic N) is 2. The molecule has 4 saturated carbocycles. The molecule has 0 aromatic carbocycles. The Hall–Kier alpha value is -1.17. The second-order valence-corrected chi connectivity index (χ2v) is 11.4. The monoisotopic (exact) mass is 477 g/mol. The molecule has 0 amide bonds. The molecule has 1 aromatic rings. The molecule has 1 aromatic heterocycles. The van der Waals surface area contributed by atoms with Crippen molar-refractivity contribution >= 4 is 27.4 Å². The van der Waals surface area contributed by atoms with Crippen LogP contribution in [0.1, 0.15) is 78.6 Å². The quantitative estimate of drug-likeness (QED) is 0.569. The first-order valence-corrected chi connectivity index (χ1v) is 12.6. The van der Waals surface area contributed by atoms with Gasteiger partial charge in [-0.05, 0) is 64.3 Å². The lowest BCUT2D eigenvalue weighted by Gasteiger charge is -2.62. The van der Waals surface area contributed by atoms with Crippen LogP contribution < -0.4 is 10.9 Å². The standard InChI is InChI=1S/C24H36BrN3O2/c1-15-19-11-17(24(19,2)3)12-20(15)27-21-13-26-28(23(30)22(21)25)14-18(29)10-9-16-7-5-4-6-8-16/h13,15-17,19-20,27H,4-12,14H2,1-3H3/t15-,17+,19-,20-/m1/s1. The maximum absolute atomic E-state index is 12.8. The Kier molecular flexibility index (Phi) is 6.43. The van der Waals surface area contributed by atoms with Crippen molar-refractivity contribution < 1.29 is 4.79 Å². The van der Waals surface area contributed by atoms with Crippen molar-refractivity contribution in [1.82, 2.24) is 9.78 Å². The molecule has 0 radical (unpaired) electrons. The van der Waals surface area contributed by atoms with E-state index in [0.717, 1.165) is 30.4 Å². The van der Waals surface area contributed by atoms with Crippen LogP contribution in [0.5, 0.6) is 0 Å². The third-order valence-electron chi connectivity index (χ3n) is 8.56. The molecule has 5 rings (SSSR count). The third-order valence-corrected chi connectivity index (χ3v) is 9.33. The minimum Gasteiger partial charge on any atom is -0.380 e. The summed E-state index contributed by atoms with van der Waals surface area (Å²) in [6.45, 7) is 7.18. The molecule has 1 heterocycles. The summed E-state index contributed by atoms with van der Waals surface area (Å²) in [5, 5.41) is 7.89. The molecule has 5 nitrogen and oxygen atoms in total. The first kappa shape index (κ1) is 22.0. The van der Waals surface area contributed by atoms with Gasteiger partial charge in [0.2, 0.25) is 0 Å². The maximum Gasteiger partial charge on any atom is 0.283 e. The van der Waals surface area contributed by atoms with E-state index < -0.39 is 0 Å². The fourth-order valence-corrected chi connectivity index (χ4v) is 6.73. The Morgan fingerprint density at radius 2 is 2.00 bits per heavy atom. The predicted octanol–water partition coefficient (Wildman–Crippen LogP) is 5.42. The Labute approximate surface area is 188 Å². The number of rotatable bonds is 7. The Balaban J connectivity index is 1.35. The number of fused-ring (bicyclic) bond motifs is 2. The molecule has 4 atom stereocenters. The van der Waals surface area contributed by atoms with E-state index in [0.29, 0.717) is 34.2 Å². The Bertz CT molecular complexity index is 843. The fraction of sp³-hybridized carbons (Fsp3) is 0.792. The average molecular weight is 478 g/mol. The van der Waals surface area contributed by atoms with Crippen molar-refractivity contribution in [3.63, 3.8) is 0 Å². The highest BCUT2D eigenvalue weighted by Gasteiger charge is 2.56. The number of Topliss-reactive ketones (excluding diaryl/α,β-unsaturated/α-hetero) is 1. The van der Waals surface area contributed by atoms with E-state index in [1.54, 1.807) is 6.20 Å². The van der Waals surface area contributed by atoms with Gasteiger partial charge >= 0.3 is 0 Å². The van der Waals surface area contributed by atoms with E-state index in [1.165, 1.54) is 43.2 Å². The highest BCUT2D eigenvalue weighted by atomic mass is 79.9. The van der Waals surface area contributed by atoms with Gasteiger partial charge in [0, 0.05) is 12.5 Å². The van der Waals surface area contributed by atoms with Gasteiger partial charge < -0.3 is 5.32 Å². The normalized spacial score (nSPS) is 30.5. The van der Waals surface area contributed by atoms with Crippen LogP contribution in [-0.2, 0) is 11.3 Å². The van der Waals surface area contributed by atoms with Crippen LogP contribution in [0.25, 0.3) is 0 Å². The molecule has 4 fully saturated rings. The molecule has 0 unspecified atom stereocenters. The number of ketones is 1. The number of hydrogen-bond donors (Lipinski definition) is 1. The van der Waals surface area contributed by atoms with Gasteiger partial charge in [0.15, 0.2) is 5.78 Å². The van der Waals surface area contributed by atoms with Crippen LogP contribution in [0, 0.1) is 29.1 Å². The number of carbonyl (C=O) groups is 1. The van der Waals surface area contributed by atoms with Crippen molar-refractivity contribution in [1.29, 1.82) is 0 Å². The van der Waals surface area contributed by atoms with Crippen molar-refractivity contribution in [3.8, 4) is 0 Å². The van der Waals surface area contributed by atoms with Crippen LogP contribution in [0.3, 0.4) is 0 Å². The van der Waals surface area contributed by atoms with Crippen molar-refractivity contribution in [2.45, 2.75) is 91.1 Å². The lowest BCUT2D eigenvalue weighted by Crippen LogP contribution is -2.58. The summed E-state index contributed by atoms with van der Waals surface area (Å²) < 4.78 is 1.80. The molecule has 166 valence electrons. The third kappa shape index (κ3) is 4.26. The zero-order valence-electron chi connectivity index (χ0n) is 18.6. The first-order chi connectivity index (χ1) is 14.3. The summed E-state index contributed by atoms with van der Waals surface area (Å²) in [4.78, 5) is 25.2. The summed E-state index contributed by atoms with van der Waals surface area (Å²) >= 11 is 3.47. The Morgan fingerprint density at radius 3 is 2.67 bits per heavy atom. The minimum atomic E-state index is -0.222. The van der Waals surface area contributed by atoms with Gasteiger partial charge in [-0.2, -0.15) is 5.10 Å². The molecule has 30 heavy (non-hydrogen) atoms. The number of carbonyl (C=O) groups excluding carboxylic acids is 1. The fourth-order valence-electron chi connectivity index (χ4n) is 6.31. The Morgan fingerprint density at radius 1 is 1.27 bits per heavy atom. The summed E-state index contributed by atoms with van der Waals surface area (Å²) in [6.07, 6.45) is 12.1. The largest absolute Gasteiger partial charge is 0.380 e. The number of halogens is 1. The van der Waals surface area contributed by atoms with E-state index >= 15 is 0 Å². The van der Waals surface area contributed by atoms with Crippen LogP contribution in [-0.4, -0.2) is 21.6 Å². The van der Waals surface area contributed by atoms with E-state index in [2.05, 4.69) is 47.1 Å². The molecule has 4 aliphatic rings. The van der Waals surface area contributed by atoms with Crippen LogP contribution in [0.4, 0.5) is 5.69 Å². The highest BCUT2D eigenvalue weighted by molar-refractivity contribution is 9.10. The number of anilines is 1. The minimum absolute atomic E-state index is 0.0720. The first-order valence-electron chi connectivity index (χ1n) is 11.8. The summed E-state index contributed by atoms with van der Waals surface area (Å²) in [5.41, 5.74) is 0.968. The second-order valence-electron chi connectivity index (χ2n) is 10.6. The summed E-state index contributed by atoms with van der Waals surface area (Å²) in [5.74, 6) is 2.85. The molecule has 4 aliphatic carbocycles. The topological polar surface area (TPSA) is 64.0 Å². The van der Waals surface area contributed by atoms with E-state index in [4.69, 9.17) is 0 Å². The van der Waals surface area contributed by atoms with Crippen molar-refractivity contribution in [2.75, 3.05) is 5.32 Å². The van der Waals surface area contributed by atoms with E-state index in [9.17, 15) is 9.59 Å². The number of nitrogens with one attached hydrogen (secondary N) is 1. The average Bonchev–Trinajstić information content (AvgIpc) is 2.73. The zero-order valence-corrected chi connectivity index (χ0v) is 20.2. The molecular formula is C24H36BrN3O2. The number of aromatic nitrogens is 2. The lowest BCUT2D eigenvalue weighted by atomic mass is 9.45. The molecule has 1 N–H and O–H groups in total. The SMILES string of the molecule is C[C@@H]1[C@H]2C[C@@H](C[C@H]1Nc1cnn(CC(=O)CCC3CCCCC3)c(=O)c1Br)C2(C)C. The van der Waals surface area contributed by atoms with Crippen LogP contribution in [0.2, 0.25) is 0 Å². The van der Waals surface area contributed by atoms with Gasteiger partial charge in [-0.15, -0.1) is 0 Å². The van der Waals surface area contributed by atoms with Gasteiger partial charge in [0.05, 0.1) is 11.9 Å². The molecule has 0 spiro atoms. The van der Waals surface area contributed by atoms with Crippen molar-refractivity contribution in [2.24, 2.45) is 29.1 Å². The van der Waals surface area contributed by atoms with Gasteiger partial charge in [0.25, 0.3) is 5.56 Å². The van der Waals surface area contributed by atoms with Gasteiger partial charge in [-0.3, -0.25) is 9.59 Å². The van der Waals surface area contributed by atoms with Crippen molar-refractivity contribution in [3.05, 3.63) is 21.0 Å². The molecular weight excluding hydrogens is 442 g/mol. The highest BCUT2D eigenvalue weighted by Crippen LogP contribution is 2.61. The zero-order chi connectivity index (χ0) is 21.5. The second kappa shape index (κ2) is 8.76. The van der Waals surface area contributed by atoms with Crippen LogP contribution in [0.15, 0.2) is 15.5 Å². The van der Waals surface area contributed by atoms with E-state index in [-0.39, 0.29) is 17.9 Å². The molecule has 2 bridgehead atoms. The predicted molar refractivity (Wildman–Crippen MR) is 124 cm³/mol. The van der Waals surface area contributed by atoms with E-state index in [1.807, 2.05) is 0 Å². The molecule has 0 saturated heterocycles. The maximum atomic E-state index is 12.8. The summed E-state index contributed by atoms with van der Waals surface area (Å²) in [6, 6.07) is 0.368. The smallest absolute Gasteiger partial charge is 0.283 e.